The predicted octanol–water partition coefficient (Wildman–Crippen LogP) is 3.67. The molecule has 0 saturated carbocycles. The molecule has 1 aromatic carbocycles. The van der Waals surface area contributed by atoms with Crippen LogP contribution in [0, 0.1) is 12.7 Å². The first-order valence-electron chi connectivity index (χ1n) is 5.31. The van der Waals surface area contributed by atoms with Crippen molar-refractivity contribution < 1.29 is 19.0 Å². The highest BCUT2D eigenvalue weighted by atomic mass is 35.5. The third-order valence-electron chi connectivity index (χ3n) is 2.50. The van der Waals surface area contributed by atoms with Crippen LogP contribution < -0.4 is 4.74 Å². The molecule has 98 valence electrons. The lowest BCUT2D eigenvalue weighted by Crippen LogP contribution is -2.01. The van der Waals surface area contributed by atoms with Gasteiger partial charge in [-0.05, 0) is 25.1 Å². The molecule has 0 saturated heterocycles. The molecule has 0 radical (unpaired) electrons. The summed E-state index contributed by atoms with van der Waals surface area (Å²) in [5, 5.41) is 9.14. The normalized spacial score (nSPS) is 10.3. The average Bonchev–Trinajstić information content (AvgIpc) is 2.34. The van der Waals surface area contributed by atoms with E-state index in [-0.39, 0.29) is 22.2 Å². The van der Waals surface area contributed by atoms with E-state index in [0.717, 1.165) is 6.07 Å². The number of rotatable bonds is 3. The molecule has 0 bridgehead atoms. The number of benzene rings is 1. The van der Waals surface area contributed by atoms with Crippen molar-refractivity contribution in [2.45, 2.75) is 6.92 Å². The first-order chi connectivity index (χ1) is 8.99. The molecule has 0 aliphatic heterocycles. The average molecular weight is 282 g/mol. The second kappa shape index (κ2) is 5.24. The molecule has 1 aromatic heterocycles. The molecule has 1 heterocycles. The Kier molecular flexibility index (Phi) is 3.66. The topological polar surface area (TPSA) is 59.4 Å². The van der Waals surface area contributed by atoms with Gasteiger partial charge in [0, 0.05) is 11.8 Å². The minimum Gasteiger partial charge on any atom is -0.478 e. The zero-order valence-corrected chi connectivity index (χ0v) is 10.6. The van der Waals surface area contributed by atoms with Gasteiger partial charge < -0.3 is 9.84 Å². The SMILES string of the molecule is Cc1c(Oc2ncc(Cl)cc2F)cccc1C(=O)O. The number of nitrogens with zero attached hydrogens (tertiary/aromatic N) is 1. The minimum absolute atomic E-state index is 0.0897. The summed E-state index contributed by atoms with van der Waals surface area (Å²) in [6, 6.07) is 5.56. The number of ether oxygens (including phenoxy) is 1. The fourth-order valence-electron chi connectivity index (χ4n) is 1.54. The molecule has 1 N–H and O–H groups in total. The molecule has 19 heavy (non-hydrogen) atoms. The van der Waals surface area contributed by atoms with Gasteiger partial charge in [-0.2, -0.15) is 0 Å². The van der Waals surface area contributed by atoms with Crippen molar-refractivity contribution in [3.05, 3.63) is 52.4 Å². The lowest BCUT2D eigenvalue weighted by Gasteiger charge is -2.10. The number of carbonyl (C=O) groups is 1. The minimum atomic E-state index is -1.08. The van der Waals surface area contributed by atoms with Crippen molar-refractivity contribution in [3.8, 4) is 11.6 Å². The van der Waals surface area contributed by atoms with E-state index in [1.165, 1.54) is 24.4 Å². The van der Waals surface area contributed by atoms with Crippen LogP contribution in [0.2, 0.25) is 5.02 Å². The zero-order chi connectivity index (χ0) is 14.0. The van der Waals surface area contributed by atoms with Gasteiger partial charge in [0.1, 0.15) is 5.75 Å². The van der Waals surface area contributed by atoms with Crippen LogP contribution in [0.4, 0.5) is 4.39 Å². The van der Waals surface area contributed by atoms with E-state index in [0.29, 0.717) is 5.56 Å². The lowest BCUT2D eigenvalue weighted by atomic mass is 10.1. The summed E-state index contributed by atoms with van der Waals surface area (Å²) in [4.78, 5) is 14.7. The largest absolute Gasteiger partial charge is 0.478 e. The molecule has 2 aromatic rings. The van der Waals surface area contributed by atoms with E-state index in [1.807, 2.05) is 0 Å². The van der Waals surface area contributed by atoms with E-state index in [4.69, 9.17) is 21.4 Å². The Labute approximate surface area is 113 Å². The zero-order valence-electron chi connectivity index (χ0n) is 9.85. The van der Waals surface area contributed by atoms with Crippen LogP contribution in [0.1, 0.15) is 15.9 Å². The summed E-state index contributed by atoms with van der Waals surface area (Å²) in [6.45, 7) is 1.58. The van der Waals surface area contributed by atoms with Gasteiger partial charge in [-0.1, -0.05) is 17.7 Å². The van der Waals surface area contributed by atoms with Gasteiger partial charge >= 0.3 is 5.97 Å². The van der Waals surface area contributed by atoms with Crippen molar-refractivity contribution in [1.82, 2.24) is 4.98 Å². The van der Waals surface area contributed by atoms with Gasteiger partial charge in [0.15, 0.2) is 5.82 Å². The molecule has 0 spiro atoms. The van der Waals surface area contributed by atoms with E-state index in [1.54, 1.807) is 6.92 Å². The summed E-state index contributed by atoms with van der Waals surface area (Å²) in [5.41, 5.74) is 0.484. The third-order valence-corrected chi connectivity index (χ3v) is 2.70. The monoisotopic (exact) mass is 281 g/mol. The van der Waals surface area contributed by atoms with Crippen molar-refractivity contribution in [3.63, 3.8) is 0 Å². The Balaban J connectivity index is 2.38. The van der Waals surface area contributed by atoms with Crippen LogP contribution in [0.5, 0.6) is 11.6 Å². The summed E-state index contributed by atoms with van der Waals surface area (Å²) in [6.07, 6.45) is 1.25. The quantitative estimate of drug-likeness (QED) is 0.932. The second-order valence-corrected chi connectivity index (χ2v) is 4.21. The Morgan fingerprint density at radius 2 is 2.21 bits per heavy atom. The Morgan fingerprint density at radius 3 is 2.84 bits per heavy atom. The van der Waals surface area contributed by atoms with E-state index in [9.17, 15) is 9.18 Å². The molecular weight excluding hydrogens is 273 g/mol. The number of pyridine rings is 1. The molecule has 0 fully saturated rings. The lowest BCUT2D eigenvalue weighted by molar-refractivity contribution is 0.0695. The maximum absolute atomic E-state index is 13.5. The molecule has 0 unspecified atom stereocenters. The highest BCUT2D eigenvalue weighted by Crippen LogP contribution is 2.28. The number of aromatic carboxylic acids is 1. The third kappa shape index (κ3) is 2.82. The van der Waals surface area contributed by atoms with Crippen LogP contribution in [0.3, 0.4) is 0 Å². The Bertz CT molecular complexity index is 646. The molecule has 0 aliphatic carbocycles. The van der Waals surface area contributed by atoms with E-state index >= 15 is 0 Å². The van der Waals surface area contributed by atoms with Crippen LogP contribution in [-0.2, 0) is 0 Å². The Morgan fingerprint density at radius 1 is 1.47 bits per heavy atom. The molecule has 6 heteroatoms. The number of hydrogen-bond donors (Lipinski definition) is 1. The molecule has 0 aliphatic rings. The van der Waals surface area contributed by atoms with E-state index in [2.05, 4.69) is 4.98 Å². The molecule has 0 atom stereocenters. The summed E-state index contributed by atoms with van der Waals surface area (Å²) < 4.78 is 18.8. The van der Waals surface area contributed by atoms with E-state index < -0.39 is 11.8 Å². The molecule has 2 rings (SSSR count). The van der Waals surface area contributed by atoms with Gasteiger partial charge in [-0.25, -0.2) is 14.2 Å². The maximum Gasteiger partial charge on any atom is 0.336 e. The molecule has 4 nitrogen and oxygen atoms in total. The first kappa shape index (κ1) is 13.3. The fraction of sp³-hybridized carbons (Fsp3) is 0.0769. The van der Waals surface area contributed by atoms with Crippen LogP contribution >= 0.6 is 11.6 Å². The van der Waals surface area contributed by atoms with Gasteiger partial charge in [0.2, 0.25) is 0 Å². The van der Waals surface area contributed by atoms with Crippen molar-refractivity contribution in [2.24, 2.45) is 0 Å². The number of hydrogen-bond acceptors (Lipinski definition) is 3. The van der Waals surface area contributed by atoms with Crippen LogP contribution in [0.15, 0.2) is 30.5 Å². The van der Waals surface area contributed by atoms with Crippen molar-refractivity contribution >= 4 is 17.6 Å². The second-order valence-electron chi connectivity index (χ2n) is 3.78. The highest BCUT2D eigenvalue weighted by Gasteiger charge is 2.14. The van der Waals surface area contributed by atoms with Crippen LogP contribution in [0.25, 0.3) is 0 Å². The maximum atomic E-state index is 13.5. The smallest absolute Gasteiger partial charge is 0.336 e. The summed E-state index contributed by atoms with van der Waals surface area (Å²) in [5.74, 6) is -1.82. The molecule has 0 amide bonds. The number of carboxylic acid groups (broad SMARTS) is 1. The number of carboxylic acids is 1. The van der Waals surface area contributed by atoms with Gasteiger partial charge in [0.05, 0.1) is 10.6 Å². The van der Waals surface area contributed by atoms with Gasteiger partial charge in [-0.3, -0.25) is 0 Å². The first-order valence-corrected chi connectivity index (χ1v) is 5.68. The Hall–Kier alpha value is -2.14. The van der Waals surface area contributed by atoms with Crippen molar-refractivity contribution in [1.29, 1.82) is 0 Å². The highest BCUT2D eigenvalue weighted by molar-refractivity contribution is 6.30. The standard InChI is InChI=1S/C13H9ClFNO3/c1-7-9(13(17)18)3-2-4-11(7)19-12-10(15)5-8(14)6-16-12/h2-6H,1H3,(H,17,18). The number of aromatic nitrogens is 1. The van der Waals surface area contributed by atoms with Gasteiger partial charge in [-0.15, -0.1) is 0 Å². The summed E-state index contributed by atoms with van der Waals surface area (Å²) in [7, 11) is 0. The molecular formula is C13H9ClFNO3. The van der Waals surface area contributed by atoms with Crippen LogP contribution in [-0.4, -0.2) is 16.1 Å². The summed E-state index contributed by atoms with van der Waals surface area (Å²) >= 11 is 5.58. The fourth-order valence-corrected chi connectivity index (χ4v) is 1.68. The predicted molar refractivity (Wildman–Crippen MR) is 67.4 cm³/mol. The number of halogens is 2. The van der Waals surface area contributed by atoms with Crippen molar-refractivity contribution in [2.75, 3.05) is 0 Å². The van der Waals surface area contributed by atoms with Gasteiger partial charge in [0.25, 0.3) is 5.88 Å².